The molecular formula is C36H39Cl2N3O4S. The van der Waals surface area contributed by atoms with Crippen LogP contribution in [0, 0.1) is 13.8 Å². The minimum Gasteiger partial charge on any atom is -0.352 e. The molecule has 0 aliphatic carbocycles. The SMILES string of the molecule is CC[C@@H](C)NC(=O)[C@@H](Cc1ccccc1)N(Cc1ccc(Cl)cc1)C(=O)CN(c1cc(Cl)ccc1C)S(=O)(=O)c1ccc(C)cc1. The number of aryl methyl sites for hydroxylation is 2. The van der Waals surface area contributed by atoms with Gasteiger partial charge in [0.1, 0.15) is 12.6 Å². The topological polar surface area (TPSA) is 86.8 Å². The number of rotatable bonds is 13. The van der Waals surface area contributed by atoms with E-state index in [1.54, 1.807) is 55.5 Å². The highest BCUT2D eigenvalue weighted by atomic mass is 35.5. The third kappa shape index (κ3) is 8.90. The maximum Gasteiger partial charge on any atom is 0.264 e. The van der Waals surface area contributed by atoms with E-state index in [0.717, 1.165) is 21.0 Å². The molecule has 0 spiro atoms. The Morgan fingerprint density at radius 3 is 2.09 bits per heavy atom. The highest BCUT2D eigenvalue weighted by molar-refractivity contribution is 7.92. The van der Waals surface area contributed by atoms with E-state index in [0.29, 0.717) is 22.0 Å². The Morgan fingerprint density at radius 1 is 0.826 bits per heavy atom. The second-order valence-corrected chi connectivity index (χ2v) is 14.2. The van der Waals surface area contributed by atoms with Crippen molar-refractivity contribution in [3.63, 3.8) is 0 Å². The molecule has 4 aromatic carbocycles. The minimum atomic E-state index is -4.24. The molecule has 4 rings (SSSR count). The van der Waals surface area contributed by atoms with E-state index in [1.165, 1.54) is 23.1 Å². The highest BCUT2D eigenvalue weighted by Gasteiger charge is 2.35. The fraction of sp³-hybridized carbons (Fsp3) is 0.278. The summed E-state index contributed by atoms with van der Waals surface area (Å²) in [6.45, 7) is 6.98. The molecule has 7 nitrogen and oxygen atoms in total. The average Bonchev–Trinajstić information content (AvgIpc) is 3.04. The van der Waals surface area contributed by atoms with Gasteiger partial charge in [-0.1, -0.05) is 96.4 Å². The number of nitrogens with zero attached hydrogens (tertiary/aromatic N) is 2. The van der Waals surface area contributed by atoms with Crippen LogP contribution in [-0.2, 0) is 32.6 Å². The summed E-state index contributed by atoms with van der Waals surface area (Å²) in [7, 11) is -4.24. The van der Waals surface area contributed by atoms with Gasteiger partial charge in [-0.25, -0.2) is 8.42 Å². The predicted molar refractivity (Wildman–Crippen MR) is 186 cm³/mol. The van der Waals surface area contributed by atoms with E-state index in [2.05, 4.69) is 5.32 Å². The van der Waals surface area contributed by atoms with Gasteiger partial charge < -0.3 is 10.2 Å². The number of amides is 2. The summed E-state index contributed by atoms with van der Waals surface area (Å²) < 4.78 is 29.6. The second-order valence-electron chi connectivity index (χ2n) is 11.4. The quantitative estimate of drug-likeness (QED) is 0.160. The largest absolute Gasteiger partial charge is 0.352 e. The Balaban J connectivity index is 1.83. The van der Waals surface area contributed by atoms with E-state index in [4.69, 9.17) is 23.2 Å². The summed E-state index contributed by atoms with van der Waals surface area (Å²) in [5.74, 6) is -0.877. The first-order valence-electron chi connectivity index (χ1n) is 15.1. The van der Waals surface area contributed by atoms with Crippen molar-refractivity contribution in [1.29, 1.82) is 0 Å². The van der Waals surface area contributed by atoms with Crippen LogP contribution in [0.25, 0.3) is 0 Å². The van der Waals surface area contributed by atoms with Crippen molar-refractivity contribution in [1.82, 2.24) is 10.2 Å². The zero-order chi connectivity index (χ0) is 33.4. The molecule has 0 aliphatic heterocycles. The third-order valence-electron chi connectivity index (χ3n) is 7.87. The molecule has 4 aromatic rings. The van der Waals surface area contributed by atoms with Crippen LogP contribution in [0.1, 0.15) is 42.5 Å². The lowest BCUT2D eigenvalue weighted by atomic mass is 10.0. The molecule has 10 heteroatoms. The van der Waals surface area contributed by atoms with E-state index in [-0.39, 0.29) is 35.5 Å². The lowest BCUT2D eigenvalue weighted by Crippen LogP contribution is -2.54. The summed E-state index contributed by atoms with van der Waals surface area (Å²) in [5.41, 5.74) is 3.38. The summed E-state index contributed by atoms with van der Waals surface area (Å²) in [6, 6.07) is 26.7. The first kappa shape index (κ1) is 35.0. The number of carbonyl (C=O) groups is 2. The Bertz CT molecular complexity index is 1750. The van der Waals surface area contributed by atoms with Gasteiger partial charge in [0.05, 0.1) is 10.6 Å². The van der Waals surface area contributed by atoms with Crippen LogP contribution in [0.5, 0.6) is 0 Å². The normalized spacial score (nSPS) is 12.7. The number of nitrogens with one attached hydrogen (secondary N) is 1. The van der Waals surface area contributed by atoms with Gasteiger partial charge in [0.15, 0.2) is 0 Å². The molecule has 2 amide bonds. The van der Waals surface area contributed by atoms with Crippen molar-refractivity contribution in [3.05, 3.63) is 129 Å². The number of benzene rings is 4. The fourth-order valence-corrected chi connectivity index (χ4v) is 6.75. The molecular weight excluding hydrogens is 641 g/mol. The number of sulfonamides is 1. The number of anilines is 1. The van der Waals surface area contributed by atoms with Crippen molar-refractivity contribution >= 4 is 50.7 Å². The predicted octanol–water partition coefficient (Wildman–Crippen LogP) is 7.36. The maximum atomic E-state index is 14.6. The van der Waals surface area contributed by atoms with Gasteiger partial charge in [-0.2, -0.15) is 0 Å². The first-order valence-corrected chi connectivity index (χ1v) is 17.3. The summed E-state index contributed by atoms with van der Waals surface area (Å²) in [4.78, 5) is 30.0. The summed E-state index contributed by atoms with van der Waals surface area (Å²) in [5, 5.41) is 3.90. The Labute approximate surface area is 282 Å². The molecule has 0 fully saturated rings. The van der Waals surface area contributed by atoms with Crippen LogP contribution in [0.3, 0.4) is 0 Å². The molecule has 0 aliphatic rings. The lowest BCUT2D eigenvalue weighted by molar-refractivity contribution is -0.140. The molecule has 0 heterocycles. The van der Waals surface area contributed by atoms with E-state index in [9.17, 15) is 18.0 Å². The van der Waals surface area contributed by atoms with Crippen molar-refractivity contribution in [2.45, 2.75) is 64.1 Å². The van der Waals surface area contributed by atoms with Crippen LogP contribution in [0.2, 0.25) is 10.0 Å². The summed E-state index contributed by atoms with van der Waals surface area (Å²) in [6.07, 6.45) is 0.925. The molecule has 0 bridgehead atoms. The zero-order valence-electron chi connectivity index (χ0n) is 26.4. The van der Waals surface area contributed by atoms with Crippen molar-refractivity contribution < 1.29 is 18.0 Å². The van der Waals surface area contributed by atoms with Crippen molar-refractivity contribution in [2.75, 3.05) is 10.8 Å². The van der Waals surface area contributed by atoms with Crippen molar-refractivity contribution in [3.8, 4) is 0 Å². The zero-order valence-corrected chi connectivity index (χ0v) is 28.7. The van der Waals surface area contributed by atoms with Gasteiger partial charge in [-0.05, 0) is 80.3 Å². The number of hydrogen-bond acceptors (Lipinski definition) is 4. The summed E-state index contributed by atoms with van der Waals surface area (Å²) >= 11 is 12.5. The molecule has 46 heavy (non-hydrogen) atoms. The first-order chi connectivity index (χ1) is 21.9. The van der Waals surface area contributed by atoms with Gasteiger partial charge in [0.2, 0.25) is 11.8 Å². The van der Waals surface area contributed by atoms with Crippen LogP contribution >= 0.6 is 23.2 Å². The van der Waals surface area contributed by atoms with Gasteiger partial charge in [0, 0.05) is 29.1 Å². The van der Waals surface area contributed by atoms with E-state index >= 15 is 0 Å². The van der Waals surface area contributed by atoms with Gasteiger partial charge in [-0.15, -0.1) is 0 Å². The van der Waals surface area contributed by atoms with E-state index in [1.807, 2.05) is 51.1 Å². The van der Waals surface area contributed by atoms with Gasteiger partial charge in [0.25, 0.3) is 10.0 Å². The standard InChI is InChI=1S/C36H39Cl2N3O4S/c1-5-27(4)39-36(43)34(21-28-9-7-6-8-10-28)40(23-29-14-17-30(37)18-15-29)35(42)24-41(33-22-31(38)16-13-26(33)3)46(44,45)32-19-11-25(2)12-20-32/h6-20,22,27,34H,5,21,23-24H2,1-4H3,(H,39,43)/t27-,34-/m1/s1. The van der Waals surface area contributed by atoms with Crippen LogP contribution < -0.4 is 9.62 Å². The Hall–Kier alpha value is -3.85. The molecule has 2 atom stereocenters. The molecule has 0 aromatic heterocycles. The minimum absolute atomic E-state index is 0.0323. The fourth-order valence-electron chi connectivity index (χ4n) is 4.98. The highest BCUT2D eigenvalue weighted by Crippen LogP contribution is 2.30. The Morgan fingerprint density at radius 2 is 1.46 bits per heavy atom. The average molecular weight is 681 g/mol. The molecule has 0 saturated heterocycles. The second kappa shape index (κ2) is 15.6. The van der Waals surface area contributed by atoms with Crippen molar-refractivity contribution in [2.24, 2.45) is 0 Å². The molecule has 0 unspecified atom stereocenters. The third-order valence-corrected chi connectivity index (χ3v) is 10.1. The molecule has 242 valence electrons. The van der Waals surface area contributed by atoms with Crippen LogP contribution in [0.15, 0.2) is 102 Å². The monoisotopic (exact) mass is 679 g/mol. The number of halogens is 2. The molecule has 0 saturated carbocycles. The van der Waals surface area contributed by atoms with Gasteiger partial charge >= 0.3 is 0 Å². The van der Waals surface area contributed by atoms with E-state index < -0.39 is 28.5 Å². The lowest BCUT2D eigenvalue weighted by Gasteiger charge is -2.34. The smallest absolute Gasteiger partial charge is 0.264 e. The number of hydrogen-bond donors (Lipinski definition) is 1. The Kier molecular flexibility index (Phi) is 11.9. The molecule has 0 radical (unpaired) electrons. The van der Waals surface area contributed by atoms with Crippen LogP contribution in [-0.4, -0.2) is 43.8 Å². The maximum absolute atomic E-state index is 14.6. The van der Waals surface area contributed by atoms with Gasteiger partial charge in [-0.3, -0.25) is 13.9 Å². The number of carbonyl (C=O) groups excluding carboxylic acids is 2. The van der Waals surface area contributed by atoms with Crippen LogP contribution in [0.4, 0.5) is 5.69 Å². The molecule has 1 N–H and O–H groups in total.